The molecule has 0 saturated heterocycles. The van der Waals surface area contributed by atoms with Gasteiger partial charge in [0.15, 0.2) is 0 Å². The fourth-order valence-corrected chi connectivity index (χ4v) is 0. The van der Waals surface area contributed by atoms with Crippen molar-refractivity contribution in [3.8, 4) is 0 Å². The van der Waals surface area contributed by atoms with Crippen LogP contribution in [-0.4, -0.2) is 40.9 Å². The molecule has 0 unspecified atom stereocenters. The van der Waals surface area contributed by atoms with Gasteiger partial charge in [-0.3, -0.25) is 0 Å². The van der Waals surface area contributed by atoms with Gasteiger partial charge in [-0.2, -0.15) is 0 Å². The van der Waals surface area contributed by atoms with E-state index >= 15 is 0 Å². The summed E-state index contributed by atoms with van der Waals surface area (Å²) in [6.07, 6.45) is 0. The van der Waals surface area contributed by atoms with Crippen LogP contribution in [0.15, 0.2) is 0 Å². The minimum Gasteiger partial charge on any atom is 0 e. The van der Waals surface area contributed by atoms with Crippen molar-refractivity contribution in [2.45, 2.75) is 0 Å². The summed E-state index contributed by atoms with van der Waals surface area (Å²) in [6.45, 7) is 0. The summed E-state index contributed by atoms with van der Waals surface area (Å²) in [4.78, 5) is 21.6. The van der Waals surface area contributed by atoms with E-state index in [2.05, 4.69) is 0 Å². The van der Waals surface area contributed by atoms with Crippen LogP contribution < -0.4 is 0 Å². The van der Waals surface area contributed by atoms with E-state index in [-0.39, 0.29) is 43.3 Å². The van der Waals surface area contributed by atoms with E-state index in [1.54, 1.807) is 0 Å². The van der Waals surface area contributed by atoms with Crippen LogP contribution in [-0.2, 0) is 21.6 Å². The number of hydrogen-bond acceptors (Lipinski definition) is 1. The number of phosphoric acid groups is 1. The molecule has 0 aromatic carbocycles. The molecule has 0 aliphatic carbocycles. The van der Waals surface area contributed by atoms with Crippen LogP contribution in [0.25, 0.3) is 0 Å². The molecule has 0 radical (unpaired) electrons. The predicted molar refractivity (Wildman–Crippen MR) is 24.2 cm³/mol. The standard InChI is InChI=1S/Bi.Fe.H3O4P.3H/c;;1-5(2,3)4;;;/h;;(H3,1,2,3,4);;;. The van der Waals surface area contributed by atoms with Gasteiger partial charge in [-0.25, -0.2) is 4.57 Å². The van der Waals surface area contributed by atoms with Crippen molar-refractivity contribution in [2.24, 2.45) is 0 Å². The minimum atomic E-state index is -4.64. The van der Waals surface area contributed by atoms with E-state index in [1.165, 1.54) is 0 Å². The largest absolute Gasteiger partial charge is 0 e. The van der Waals surface area contributed by atoms with Crippen LogP contribution in [0, 0.1) is 0 Å². The summed E-state index contributed by atoms with van der Waals surface area (Å²) < 4.78 is 8.88. The molecule has 0 atom stereocenters. The number of rotatable bonds is 0. The molecule has 0 saturated carbocycles. The molecule has 0 bridgehead atoms. The van der Waals surface area contributed by atoms with Gasteiger partial charge in [-0.05, 0) is 0 Å². The van der Waals surface area contributed by atoms with Crippen molar-refractivity contribution >= 4 is 34.0 Å². The summed E-state index contributed by atoms with van der Waals surface area (Å²) in [7, 11) is -4.64. The Balaban J connectivity index is -0.0000000800. The minimum absolute atomic E-state index is 0. The molecule has 48 valence electrons. The van der Waals surface area contributed by atoms with Gasteiger partial charge in [0.25, 0.3) is 0 Å². The molecule has 0 heterocycles. The molecular formula is H6BiFeO4P. The summed E-state index contributed by atoms with van der Waals surface area (Å²) in [5, 5.41) is 0. The van der Waals surface area contributed by atoms with Crippen molar-refractivity contribution in [3.63, 3.8) is 0 Å². The molecule has 7 heteroatoms. The Morgan fingerprint density at radius 3 is 1.14 bits per heavy atom. The van der Waals surface area contributed by atoms with E-state index in [0.717, 1.165) is 0 Å². The van der Waals surface area contributed by atoms with E-state index in [0.29, 0.717) is 0 Å². The van der Waals surface area contributed by atoms with E-state index < -0.39 is 7.82 Å². The van der Waals surface area contributed by atoms with Gasteiger partial charge in [-0.15, -0.1) is 0 Å². The monoisotopic (exact) mass is 366 g/mol. The van der Waals surface area contributed by atoms with Gasteiger partial charge in [0.2, 0.25) is 0 Å². The molecule has 0 aliphatic heterocycles. The second kappa shape index (κ2) is 5.65. The number of hydrogen-bond donors (Lipinski definition) is 3. The first-order valence-corrected chi connectivity index (χ1v) is 2.35. The SMILES string of the molecule is O=P(O)(O)O.[BiH3].[Fe]. The first-order valence-electron chi connectivity index (χ1n) is 0.783. The van der Waals surface area contributed by atoms with Gasteiger partial charge in [0, 0.05) is 17.1 Å². The summed E-state index contributed by atoms with van der Waals surface area (Å²) >= 11 is 0. The molecule has 0 rings (SSSR count). The smallest absolute Gasteiger partial charge is 0 e. The van der Waals surface area contributed by atoms with Gasteiger partial charge in [0.1, 0.15) is 0 Å². The third kappa shape index (κ3) is 99.8. The van der Waals surface area contributed by atoms with Crippen molar-refractivity contribution in [3.05, 3.63) is 0 Å². The average molecular weight is 366 g/mol. The molecule has 0 spiro atoms. The Labute approximate surface area is 70.2 Å². The van der Waals surface area contributed by atoms with Crippen LogP contribution in [0.3, 0.4) is 0 Å². The maximum absolute atomic E-state index is 8.88. The van der Waals surface area contributed by atoms with E-state index in [1.807, 2.05) is 0 Å². The molecule has 4 nitrogen and oxygen atoms in total. The fourth-order valence-electron chi connectivity index (χ4n) is 0. The summed E-state index contributed by atoms with van der Waals surface area (Å²) in [5.41, 5.74) is 0. The van der Waals surface area contributed by atoms with Gasteiger partial charge in [0.05, 0.1) is 0 Å². The topological polar surface area (TPSA) is 77.8 Å². The second-order valence-corrected chi connectivity index (χ2v) is 1.54. The Morgan fingerprint density at radius 1 is 1.14 bits per heavy atom. The second-order valence-electron chi connectivity index (χ2n) is 0.513. The Hall–Kier alpha value is 1.51. The van der Waals surface area contributed by atoms with Gasteiger partial charge >= 0.3 is 34.0 Å². The van der Waals surface area contributed by atoms with Crippen molar-refractivity contribution in [1.29, 1.82) is 0 Å². The Bertz CT molecular complexity index is 57.8. The summed E-state index contributed by atoms with van der Waals surface area (Å²) in [5.74, 6) is 0. The molecule has 3 N–H and O–H groups in total. The maximum atomic E-state index is 8.88. The molecule has 0 aliphatic rings. The average Bonchev–Trinajstić information content (AvgIpc) is 0.722. The van der Waals surface area contributed by atoms with Crippen LogP contribution in [0.4, 0.5) is 0 Å². The van der Waals surface area contributed by atoms with Crippen molar-refractivity contribution < 1.29 is 36.3 Å². The third-order valence-corrected chi connectivity index (χ3v) is 0. The van der Waals surface area contributed by atoms with Crippen molar-refractivity contribution in [1.82, 2.24) is 0 Å². The zero-order chi connectivity index (χ0) is 4.50. The first-order chi connectivity index (χ1) is 2.00. The first kappa shape index (κ1) is 15.8. The Kier molecular flexibility index (Phi) is 12.8. The third-order valence-electron chi connectivity index (χ3n) is 0. The normalized spacial score (nSPS) is 8.43. The molecular weight excluding hydrogens is 360 g/mol. The maximum Gasteiger partial charge on any atom is 0 e. The molecule has 0 aromatic heterocycles. The van der Waals surface area contributed by atoms with Gasteiger partial charge < -0.3 is 14.7 Å². The van der Waals surface area contributed by atoms with Gasteiger partial charge in [-0.1, -0.05) is 0 Å². The molecule has 7 heavy (non-hydrogen) atoms. The van der Waals surface area contributed by atoms with E-state index in [9.17, 15) is 0 Å². The molecule has 0 amide bonds. The molecule has 0 fully saturated rings. The zero-order valence-electron chi connectivity index (χ0n) is 3.26. The van der Waals surface area contributed by atoms with Crippen molar-refractivity contribution in [2.75, 3.05) is 0 Å². The summed E-state index contributed by atoms with van der Waals surface area (Å²) in [6, 6.07) is 0. The Morgan fingerprint density at radius 2 is 1.14 bits per heavy atom. The zero-order valence-corrected chi connectivity index (χ0v) is 10.8. The van der Waals surface area contributed by atoms with E-state index in [4.69, 9.17) is 19.2 Å². The predicted octanol–water partition coefficient (Wildman–Crippen LogP) is -2.12. The quantitative estimate of drug-likeness (QED) is 0.339. The fraction of sp³-hybridized carbons (Fsp3) is 0. The van der Waals surface area contributed by atoms with Crippen LogP contribution in [0.2, 0.25) is 0 Å². The van der Waals surface area contributed by atoms with Crippen LogP contribution in [0.5, 0.6) is 0 Å². The van der Waals surface area contributed by atoms with Crippen LogP contribution >= 0.6 is 7.82 Å². The van der Waals surface area contributed by atoms with Crippen LogP contribution in [0.1, 0.15) is 0 Å². The molecule has 0 aromatic rings.